The molecule has 8 heteroatoms. The third-order valence-electron chi connectivity index (χ3n) is 4.93. The van der Waals surface area contributed by atoms with E-state index in [0.717, 1.165) is 36.1 Å². The van der Waals surface area contributed by atoms with Crippen molar-refractivity contribution in [2.45, 2.75) is 38.0 Å². The van der Waals surface area contributed by atoms with E-state index < -0.39 is 10.0 Å². The molecule has 28 heavy (non-hydrogen) atoms. The third kappa shape index (κ3) is 4.66. The van der Waals surface area contributed by atoms with Gasteiger partial charge in [-0.1, -0.05) is 30.2 Å². The number of benzene rings is 2. The molecule has 2 aromatic carbocycles. The van der Waals surface area contributed by atoms with Gasteiger partial charge in [-0.25, -0.2) is 8.42 Å². The van der Waals surface area contributed by atoms with Gasteiger partial charge in [0, 0.05) is 29.5 Å². The van der Waals surface area contributed by atoms with Gasteiger partial charge >= 0.3 is 0 Å². The lowest BCUT2D eigenvalue weighted by molar-refractivity contribution is 0.346. The van der Waals surface area contributed by atoms with Gasteiger partial charge in [0.05, 0.1) is 4.90 Å². The first-order valence-electron chi connectivity index (χ1n) is 9.23. The summed E-state index contributed by atoms with van der Waals surface area (Å²) in [5, 5.41) is 7.27. The zero-order chi connectivity index (χ0) is 20.3. The van der Waals surface area contributed by atoms with E-state index in [1.807, 2.05) is 32.0 Å². The number of thiocarbonyl (C=S) groups is 1. The van der Waals surface area contributed by atoms with Crippen LogP contribution in [0.5, 0.6) is 0 Å². The number of hydrogen-bond donors (Lipinski definition) is 2. The van der Waals surface area contributed by atoms with Crippen LogP contribution in [0.25, 0.3) is 0 Å². The van der Waals surface area contributed by atoms with Gasteiger partial charge < -0.3 is 10.6 Å². The molecule has 1 aliphatic rings. The van der Waals surface area contributed by atoms with E-state index in [9.17, 15) is 8.42 Å². The highest BCUT2D eigenvalue weighted by atomic mass is 35.5. The third-order valence-corrected chi connectivity index (χ3v) is 7.43. The zero-order valence-corrected chi connectivity index (χ0v) is 18.3. The fraction of sp³-hybridized carbons (Fsp3) is 0.350. The number of nitrogens with one attached hydrogen (secondary N) is 2. The van der Waals surface area contributed by atoms with Gasteiger partial charge in [-0.15, -0.1) is 0 Å². The summed E-state index contributed by atoms with van der Waals surface area (Å²) in [7, 11) is -3.50. The molecule has 3 rings (SSSR count). The number of hydrogen-bond acceptors (Lipinski definition) is 3. The van der Waals surface area contributed by atoms with Gasteiger partial charge in [-0.2, -0.15) is 4.31 Å². The summed E-state index contributed by atoms with van der Waals surface area (Å²) in [4.78, 5) is 0.282. The number of aryl methyl sites for hydroxylation is 1. The molecule has 0 unspecified atom stereocenters. The van der Waals surface area contributed by atoms with Crippen molar-refractivity contribution in [3.8, 4) is 0 Å². The average Bonchev–Trinajstić information content (AvgIpc) is 2.68. The molecule has 0 amide bonds. The quantitative estimate of drug-likeness (QED) is 0.663. The van der Waals surface area contributed by atoms with E-state index in [1.54, 1.807) is 22.5 Å². The largest absolute Gasteiger partial charge is 0.332 e. The maximum absolute atomic E-state index is 12.9. The second-order valence-electron chi connectivity index (χ2n) is 6.93. The molecule has 1 saturated heterocycles. The van der Waals surface area contributed by atoms with E-state index in [-0.39, 0.29) is 4.90 Å². The van der Waals surface area contributed by atoms with Gasteiger partial charge in [0.2, 0.25) is 10.0 Å². The highest BCUT2D eigenvalue weighted by molar-refractivity contribution is 7.89. The predicted molar refractivity (Wildman–Crippen MR) is 120 cm³/mol. The normalized spacial score (nSPS) is 15.2. The SMILES string of the molecule is Cc1ccc(S(=O)(=O)N2CCCCC2)cc1NC(=S)Nc1cccc(Cl)c1C. The standard InChI is InChI=1S/C20H24ClN3O2S2/c1-14-9-10-16(28(25,26)24-11-4-3-5-12-24)13-19(14)23-20(27)22-18-8-6-7-17(21)15(18)2/h6-10,13H,3-5,11-12H2,1-2H3,(H2,22,23,27). The summed E-state index contributed by atoms with van der Waals surface area (Å²) >= 11 is 11.6. The van der Waals surface area contributed by atoms with Crippen molar-refractivity contribution in [2.24, 2.45) is 0 Å². The van der Waals surface area contributed by atoms with Crippen LogP contribution in [-0.4, -0.2) is 30.9 Å². The highest BCUT2D eigenvalue weighted by Crippen LogP contribution is 2.26. The van der Waals surface area contributed by atoms with E-state index in [1.165, 1.54) is 0 Å². The van der Waals surface area contributed by atoms with Crippen LogP contribution in [0.1, 0.15) is 30.4 Å². The summed E-state index contributed by atoms with van der Waals surface area (Å²) in [5.74, 6) is 0. The second kappa shape index (κ2) is 8.78. The van der Waals surface area contributed by atoms with Crippen molar-refractivity contribution in [1.82, 2.24) is 4.31 Å². The Labute approximate surface area is 177 Å². The van der Waals surface area contributed by atoms with E-state index >= 15 is 0 Å². The Balaban J connectivity index is 1.79. The first-order chi connectivity index (χ1) is 13.3. The lowest BCUT2D eigenvalue weighted by Crippen LogP contribution is -2.35. The number of halogens is 1. The molecule has 1 heterocycles. The van der Waals surface area contributed by atoms with Crippen molar-refractivity contribution in [1.29, 1.82) is 0 Å². The predicted octanol–water partition coefficient (Wildman–Crippen LogP) is 4.94. The first kappa shape index (κ1) is 21.0. The minimum absolute atomic E-state index is 0.282. The topological polar surface area (TPSA) is 61.4 Å². The fourth-order valence-electron chi connectivity index (χ4n) is 3.17. The minimum Gasteiger partial charge on any atom is -0.332 e. The van der Waals surface area contributed by atoms with Crippen LogP contribution in [-0.2, 0) is 10.0 Å². The molecular weight excluding hydrogens is 414 g/mol. The molecule has 0 atom stereocenters. The Kier molecular flexibility index (Phi) is 6.60. The molecule has 0 aromatic heterocycles. The van der Waals surface area contributed by atoms with Gasteiger partial charge in [-0.3, -0.25) is 0 Å². The van der Waals surface area contributed by atoms with Crippen LogP contribution in [0.2, 0.25) is 5.02 Å². The summed E-state index contributed by atoms with van der Waals surface area (Å²) in [6, 6.07) is 10.7. The molecule has 150 valence electrons. The first-order valence-corrected chi connectivity index (χ1v) is 11.5. The Morgan fingerprint density at radius 1 is 1.04 bits per heavy atom. The number of piperidine rings is 1. The van der Waals surface area contributed by atoms with Crippen molar-refractivity contribution in [3.63, 3.8) is 0 Å². The molecule has 0 saturated carbocycles. The molecule has 0 radical (unpaired) electrons. The smallest absolute Gasteiger partial charge is 0.243 e. The van der Waals surface area contributed by atoms with E-state index in [0.29, 0.717) is 28.9 Å². The molecule has 0 spiro atoms. The number of sulfonamides is 1. The Bertz CT molecular complexity index is 987. The minimum atomic E-state index is -3.50. The Hall–Kier alpha value is -1.67. The number of anilines is 2. The Morgan fingerprint density at radius 3 is 2.43 bits per heavy atom. The van der Waals surface area contributed by atoms with E-state index in [4.69, 9.17) is 23.8 Å². The van der Waals surface area contributed by atoms with Crippen molar-refractivity contribution in [2.75, 3.05) is 23.7 Å². The van der Waals surface area contributed by atoms with Crippen LogP contribution in [0, 0.1) is 13.8 Å². The van der Waals surface area contributed by atoms with Crippen LogP contribution in [0.4, 0.5) is 11.4 Å². The monoisotopic (exact) mass is 437 g/mol. The van der Waals surface area contributed by atoms with Crippen molar-refractivity contribution in [3.05, 3.63) is 52.5 Å². The summed E-state index contributed by atoms with van der Waals surface area (Å²) < 4.78 is 27.5. The molecule has 1 fully saturated rings. The van der Waals surface area contributed by atoms with Gasteiger partial charge in [0.1, 0.15) is 0 Å². The molecular formula is C20H24ClN3O2S2. The molecule has 0 bridgehead atoms. The maximum atomic E-state index is 12.9. The van der Waals surface area contributed by atoms with Crippen LogP contribution in [0.15, 0.2) is 41.3 Å². The lowest BCUT2D eigenvalue weighted by atomic mass is 10.2. The zero-order valence-electron chi connectivity index (χ0n) is 16.0. The number of rotatable bonds is 4. The van der Waals surface area contributed by atoms with Crippen LogP contribution in [0.3, 0.4) is 0 Å². The summed E-state index contributed by atoms with van der Waals surface area (Å²) in [5.41, 5.74) is 3.27. The number of nitrogens with zero attached hydrogens (tertiary/aromatic N) is 1. The maximum Gasteiger partial charge on any atom is 0.243 e. The van der Waals surface area contributed by atoms with Crippen LogP contribution < -0.4 is 10.6 Å². The molecule has 5 nitrogen and oxygen atoms in total. The van der Waals surface area contributed by atoms with Crippen molar-refractivity contribution >= 4 is 50.3 Å². The average molecular weight is 438 g/mol. The molecule has 2 aromatic rings. The molecule has 2 N–H and O–H groups in total. The summed E-state index contributed by atoms with van der Waals surface area (Å²) in [6.45, 7) is 4.97. The van der Waals surface area contributed by atoms with E-state index in [2.05, 4.69) is 10.6 Å². The Morgan fingerprint density at radius 2 is 1.71 bits per heavy atom. The highest BCUT2D eigenvalue weighted by Gasteiger charge is 2.26. The van der Waals surface area contributed by atoms with Gasteiger partial charge in [0.25, 0.3) is 0 Å². The fourth-order valence-corrected chi connectivity index (χ4v) is 5.11. The molecule has 1 aliphatic heterocycles. The second-order valence-corrected chi connectivity index (χ2v) is 9.69. The molecule has 0 aliphatic carbocycles. The lowest BCUT2D eigenvalue weighted by Gasteiger charge is -2.26. The summed E-state index contributed by atoms with van der Waals surface area (Å²) in [6.07, 6.45) is 2.89. The van der Waals surface area contributed by atoms with Gasteiger partial charge in [-0.05, 0) is 74.3 Å². The van der Waals surface area contributed by atoms with Crippen LogP contribution >= 0.6 is 23.8 Å². The van der Waals surface area contributed by atoms with Crippen molar-refractivity contribution < 1.29 is 8.42 Å². The van der Waals surface area contributed by atoms with Gasteiger partial charge in [0.15, 0.2) is 5.11 Å².